The van der Waals surface area contributed by atoms with E-state index in [4.69, 9.17) is 4.42 Å². The SMILES string of the molecule is C=[O+]C(C)C1CCCC=C1C. The molecule has 0 fully saturated rings. The Morgan fingerprint density at radius 2 is 2.45 bits per heavy atom. The molecule has 0 N–H and O–H groups in total. The van der Waals surface area contributed by atoms with Crippen LogP contribution in [0.2, 0.25) is 0 Å². The van der Waals surface area contributed by atoms with Gasteiger partial charge in [0.25, 0.3) is 12.9 Å². The highest BCUT2D eigenvalue weighted by Gasteiger charge is 2.26. The second kappa shape index (κ2) is 3.70. The molecule has 1 rings (SSSR count). The van der Waals surface area contributed by atoms with E-state index in [1.54, 1.807) is 0 Å². The molecular formula is C10H17O+. The quantitative estimate of drug-likeness (QED) is 0.426. The van der Waals surface area contributed by atoms with Gasteiger partial charge in [-0.2, -0.15) is 0 Å². The third-order valence-electron chi connectivity index (χ3n) is 2.60. The third kappa shape index (κ3) is 1.92. The van der Waals surface area contributed by atoms with Gasteiger partial charge in [0.15, 0.2) is 0 Å². The summed E-state index contributed by atoms with van der Waals surface area (Å²) in [6.07, 6.45) is 6.41. The summed E-state index contributed by atoms with van der Waals surface area (Å²) >= 11 is 0. The minimum Gasteiger partial charge on any atom is -0.267 e. The van der Waals surface area contributed by atoms with E-state index in [1.165, 1.54) is 24.8 Å². The van der Waals surface area contributed by atoms with Gasteiger partial charge in [0, 0.05) is 6.92 Å². The summed E-state index contributed by atoms with van der Waals surface area (Å²) < 4.78 is 5.07. The molecule has 1 aliphatic carbocycles. The zero-order chi connectivity index (χ0) is 8.27. The molecule has 0 aromatic heterocycles. The number of rotatable bonds is 2. The van der Waals surface area contributed by atoms with E-state index in [2.05, 4.69) is 26.7 Å². The predicted molar refractivity (Wildman–Crippen MR) is 47.7 cm³/mol. The second-order valence-electron chi connectivity index (χ2n) is 3.36. The molecule has 0 spiro atoms. The van der Waals surface area contributed by atoms with Gasteiger partial charge >= 0.3 is 0 Å². The summed E-state index contributed by atoms with van der Waals surface area (Å²) in [6, 6.07) is 0. The normalized spacial score (nSPS) is 27.5. The van der Waals surface area contributed by atoms with Crippen molar-refractivity contribution in [2.75, 3.05) is 0 Å². The fraction of sp³-hybridized carbons (Fsp3) is 0.700. The Labute approximate surface area is 68.8 Å². The number of hydrogen-bond acceptors (Lipinski definition) is 0. The first kappa shape index (κ1) is 8.51. The molecule has 0 radical (unpaired) electrons. The van der Waals surface area contributed by atoms with Gasteiger partial charge < -0.3 is 0 Å². The minimum absolute atomic E-state index is 0.284. The van der Waals surface area contributed by atoms with Crippen molar-refractivity contribution >= 4 is 6.79 Å². The molecule has 0 heterocycles. The number of hydrogen-bond donors (Lipinski definition) is 0. The second-order valence-corrected chi connectivity index (χ2v) is 3.36. The minimum atomic E-state index is 0.284. The molecular weight excluding hydrogens is 136 g/mol. The van der Waals surface area contributed by atoms with Crippen LogP contribution in [0.15, 0.2) is 11.6 Å². The Morgan fingerprint density at radius 3 is 3.00 bits per heavy atom. The fourth-order valence-electron chi connectivity index (χ4n) is 1.77. The maximum absolute atomic E-state index is 5.07. The molecule has 62 valence electrons. The van der Waals surface area contributed by atoms with Crippen LogP contribution in [0.4, 0.5) is 0 Å². The summed E-state index contributed by atoms with van der Waals surface area (Å²) in [5.74, 6) is 0.612. The standard InChI is InChI=1S/C10H17O/c1-8-6-4-5-7-10(8)9(2)11-3/h6,9-10H,3-5,7H2,1-2H3/q+1. The Bertz CT molecular complexity index is 170. The molecule has 0 amide bonds. The molecule has 0 aromatic carbocycles. The average Bonchev–Trinajstić information content (AvgIpc) is 2.04. The summed E-state index contributed by atoms with van der Waals surface area (Å²) in [7, 11) is 0. The van der Waals surface area contributed by atoms with Gasteiger partial charge in [-0.15, -0.1) is 0 Å². The third-order valence-corrected chi connectivity index (χ3v) is 2.60. The van der Waals surface area contributed by atoms with Crippen LogP contribution >= 0.6 is 0 Å². The molecule has 1 heteroatoms. The summed E-state index contributed by atoms with van der Waals surface area (Å²) in [6.45, 7) is 7.76. The smallest absolute Gasteiger partial charge is 0.267 e. The highest BCUT2D eigenvalue weighted by atomic mass is 16.4. The van der Waals surface area contributed by atoms with Crippen LogP contribution in [0.25, 0.3) is 0 Å². The largest absolute Gasteiger partial charge is 0.274 e. The van der Waals surface area contributed by atoms with Gasteiger partial charge in [-0.1, -0.05) is 11.6 Å². The van der Waals surface area contributed by atoms with Crippen LogP contribution in [0.5, 0.6) is 0 Å². The molecule has 2 atom stereocenters. The lowest BCUT2D eigenvalue weighted by atomic mass is 9.85. The van der Waals surface area contributed by atoms with Crippen LogP contribution in [-0.2, 0) is 4.42 Å². The molecule has 11 heavy (non-hydrogen) atoms. The average molecular weight is 153 g/mol. The van der Waals surface area contributed by atoms with Gasteiger partial charge in [-0.25, -0.2) is 0 Å². The maximum atomic E-state index is 5.07. The topological polar surface area (TPSA) is 11.3 Å². The van der Waals surface area contributed by atoms with Crippen molar-refractivity contribution < 1.29 is 4.42 Å². The molecule has 2 unspecified atom stereocenters. The van der Waals surface area contributed by atoms with E-state index in [0.717, 1.165) is 0 Å². The highest BCUT2D eigenvalue weighted by molar-refractivity contribution is 5.14. The Kier molecular flexibility index (Phi) is 2.86. The van der Waals surface area contributed by atoms with E-state index >= 15 is 0 Å². The molecule has 0 saturated heterocycles. The van der Waals surface area contributed by atoms with E-state index in [0.29, 0.717) is 5.92 Å². The van der Waals surface area contributed by atoms with Gasteiger partial charge in [-0.3, -0.25) is 4.42 Å². The highest BCUT2D eigenvalue weighted by Crippen LogP contribution is 2.27. The lowest BCUT2D eigenvalue weighted by Crippen LogP contribution is -2.20. The molecule has 0 aromatic rings. The Hall–Kier alpha value is -0.590. The van der Waals surface area contributed by atoms with Crippen molar-refractivity contribution in [1.29, 1.82) is 0 Å². The Balaban J connectivity index is 2.62. The van der Waals surface area contributed by atoms with E-state index in [1.807, 2.05) is 0 Å². The zero-order valence-electron chi connectivity index (χ0n) is 7.47. The number of carbonyl (C=O) groups excluding carboxylic acids is 1. The van der Waals surface area contributed by atoms with Crippen LogP contribution in [0, 0.1) is 5.92 Å². The van der Waals surface area contributed by atoms with Gasteiger partial charge in [0.2, 0.25) is 0 Å². The van der Waals surface area contributed by atoms with Crippen LogP contribution in [0.3, 0.4) is 0 Å². The molecule has 1 nitrogen and oxygen atoms in total. The van der Waals surface area contributed by atoms with E-state index < -0.39 is 0 Å². The van der Waals surface area contributed by atoms with Crippen molar-refractivity contribution in [1.82, 2.24) is 0 Å². The summed E-state index contributed by atoms with van der Waals surface area (Å²) in [5.41, 5.74) is 1.48. The van der Waals surface area contributed by atoms with Gasteiger partial charge in [0.1, 0.15) is 0 Å². The lowest BCUT2D eigenvalue weighted by Gasteiger charge is -2.19. The van der Waals surface area contributed by atoms with Crippen LogP contribution in [0.1, 0.15) is 33.1 Å². The fourth-order valence-corrected chi connectivity index (χ4v) is 1.77. The predicted octanol–water partition coefficient (Wildman–Crippen LogP) is 2.49. The van der Waals surface area contributed by atoms with Crippen molar-refractivity contribution in [3.63, 3.8) is 0 Å². The van der Waals surface area contributed by atoms with Gasteiger partial charge in [-0.05, 0) is 26.2 Å². The van der Waals surface area contributed by atoms with Crippen LogP contribution in [-0.4, -0.2) is 12.9 Å². The van der Waals surface area contributed by atoms with E-state index in [9.17, 15) is 0 Å². The first-order valence-corrected chi connectivity index (χ1v) is 4.33. The molecule has 0 saturated carbocycles. The maximum Gasteiger partial charge on any atom is 0.274 e. The van der Waals surface area contributed by atoms with Crippen molar-refractivity contribution in [2.45, 2.75) is 39.2 Å². The Morgan fingerprint density at radius 1 is 1.73 bits per heavy atom. The monoisotopic (exact) mass is 153 g/mol. The van der Waals surface area contributed by atoms with E-state index in [-0.39, 0.29) is 6.10 Å². The first-order valence-electron chi connectivity index (χ1n) is 4.33. The summed E-state index contributed by atoms with van der Waals surface area (Å²) in [4.78, 5) is 0. The number of allylic oxidation sites excluding steroid dienone is 1. The van der Waals surface area contributed by atoms with Crippen molar-refractivity contribution in [3.05, 3.63) is 11.6 Å². The first-order chi connectivity index (χ1) is 5.25. The molecule has 1 aliphatic rings. The lowest BCUT2D eigenvalue weighted by molar-refractivity contribution is -0.498. The summed E-state index contributed by atoms with van der Waals surface area (Å²) in [5, 5.41) is 0. The van der Waals surface area contributed by atoms with Crippen molar-refractivity contribution in [2.24, 2.45) is 5.92 Å². The zero-order valence-corrected chi connectivity index (χ0v) is 7.47. The molecule has 0 aliphatic heterocycles. The van der Waals surface area contributed by atoms with Crippen LogP contribution < -0.4 is 0 Å². The molecule has 0 bridgehead atoms. The van der Waals surface area contributed by atoms with Crippen molar-refractivity contribution in [3.8, 4) is 0 Å². The van der Waals surface area contributed by atoms with Gasteiger partial charge in [0.05, 0.1) is 5.92 Å².